The highest BCUT2D eigenvalue weighted by atomic mass is 16.5. The van der Waals surface area contributed by atoms with Crippen molar-refractivity contribution in [1.82, 2.24) is 0 Å². The van der Waals surface area contributed by atoms with Crippen molar-refractivity contribution in [3.8, 4) is 0 Å². The number of carboxylic acid groups (broad SMARTS) is 1. The van der Waals surface area contributed by atoms with Crippen molar-refractivity contribution in [1.29, 1.82) is 0 Å². The summed E-state index contributed by atoms with van der Waals surface area (Å²) in [5.74, 6) is -0.402. The van der Waals surface area contributed by atoms with Gasteiger partial charge in [0.25, 0.3) is 0 Å². The SMILES string of the molecule is CCCCCCCCCCCCCCCCC(CC)(CCCC)C(=O)O.CCCCCCCCCCCCCCCCOC(=O)C(CC)CCCC. The monoisotopic (exact) mass is 737 g/mol. The number of ether oxygens (including phenoxy) is 1. The van der Waals surface area contributed by atoms with Crippen molar-refractivity contribution < 1.29 is 19.4 Å². The van der Waals surface area contributed by atoms with Crippen LogP contribution in [0, 0.1) is 11.3 Å². The summed E-state index contributed by atoms with van der Waals surface area (Å²) in [6, 6.07) is 0. The second-order valence-electron chi connectivity index (χ2n) is 16.4. The molecule has 4 nitrogen and oxygen atoms in total. The van der Waals surface area contributed by atoms with Crippen LogP contribution in [-0.4, -0.2) is 23.7 Å². The summed E-state index contributed by atoms with van der Waals surface area (Å²) in [4.78, 5) is 23.7. The van der Waals surface area contributed by atoms with Crippen LogP contribution >= 0.6 is 0 Å². The molecule has 0 fully saturated rings. The molecule has 0 aliphatic rings. The first-order valence-electron chi connectivity index (χ1n) is 23.8. The van der Waals surface area contributed by atoms with Crippen molar-refractivity contribution >= 4 is 11.9 Å². The van der Waals surface area contributed by atoms with Crippen molar-refractivity contribution in [2.75, 3.05) is 6.61 Å². The average Bonchev–Trinajstić information content (AvgIpc) is 3.15. The van der Waals surface area contributed by atoms with Crippen LogP contribution in [0.4, 0.5) is 0 Å². The number of hydrogen-bond donors (Lipinski definition) is 1. The first-order valence-corrected chi connectivity index (χ1v) is 23.8. The normalized spacial score (nSPS) is 13.0. The van der Waals surface area contributed by atoms with Crippen LogP contribution in [0.3, 0.4) is 0 Å². The highest BCUT2D eigenvalue weighted by Crippen LogP contribution is 2.35. The Morgan fingerprint density at radius 1 is 0.442 bits per heavy atom. The summed E-state index contributed by atoms with van der Waals surface area (Å²) in [5, 5.41) is 9.65. The molecule has 0 radical (unpaired) electrons. The highest BCUT2D eigenvalue weighted by Gasteiger charge is 2.35. The molecule has 0 heterocycles. The third-order valence-corrected chi connectivity index (χ3v) is 11.6. The van der Waals surface area contributed by atoms with Gasteiger partial charge in [-0.25, -0.2) is 0 Å². The number of carbonyl (C=O) groups excluding carboxylic acids is 1. The van der Waals surface area contributed by atoms with Gasteiger partial charge in [-0.15, -0.1) is 0 Å². The maximum absolute atomic E-state index is 12.0. The molecule has 0 spiro atoms. The van der Waals surface area contributed by atoms with E-state index in [1.807, 2.05) is 6.92 Å². The zero-order valence-electron chi connectivity index (χ0n) is 36.6. The molecule has 0 saturated heterocycles. The van der Waals surface area contributed by atoms with E-state index in [9.17, 15) is 14.7 Å². The summed E-state index contributed by atoms with van der Waals surface area (Å²) in [5.41, 5.74) is -0.451. The fourth-order valence-corrected chi connectivity index (χ4v) is 7.54. The lowest BCUT2D eigenvalue weighted by atomic mass is 9.76. The third kappa shape index (κ3) is 34.7. The summed E-state index contributed by atoms with van der Waals surface area (Å²) >= 11 is 0. The topological polar surface area (TPSA) is 63.6 Å². The Kier molecular flexibility index (Phi) is 43.5. The predicted octanol–water partition coefficient (Wildman–Crippen LogP) is 16.8. The Bertz CT molecular complexity index is 719. The Morgan fingerprint density at radius 3 is 1.10 bits per heavy atom. The van der Waals surface area contributed by atoms with E-state index in [0.29, 0.717) is 6.61 Å². The second kappa shape index (κ2) is 42.7. The zero-order valence-corrected chi connectivity index (χ0v) is 36.6. The number of aliphatic carboxylic acids is 1. The largest absolute Gasteiger partial charge is 0.481 e. The first kappa shape index (κ1) is 53.0. The van der Waals surface area contributed by atoms with Crippen LogP contribution in [0.5, 0.6) is 0 Å². The van der Waals surface area contributed by atoms with Crippen LogP contribution in [0.2, 0.25) is 0 Å². The number of unbranched alkanes of at least 4 members (excludes halogenated alkanes) is 28. The maximum atomic E-state index is 12.0. The van der Waals surface area contributed by atoms with Crippen LogP contribution in [0.1, 0.15) is 279 Å². The fraction of sp³-hybridized carbons (Fsp3) is 0.958. The van der Waals surface area contributed by atoms with Crippen molar-refractivity contribution in [2.45, 2.75) is 279 Å². The molecular weight excluding hydrogens is 641 g/mol. The van der Waals surface area contributed by atoms with E-state index < -0.39 is 11.4 Å². The standard InChI is InChI=1S/2C24H48O2/c1-4-7-9-10-11-12-13-14-15-16-17-18-19-20-22-24(6-3,23(25)26)21-8-5-2;1-4-7-9-10-11-12-13-14-15-16-17-18-19-20-22-26-24(25)23(6-3)21-8-5-2/h4-22H2,1-3H3,(H,25,26);23H,4-22H2,1-3H3. The molecular formula is C48H96O4. The van der Waals surface area contributed by atoms with Gasteiger partial charge in [-0.1, -0.05) is 241 Å². The molecule has 312 valence electrons. The summed E-state index contributed by atoms with van der Waals surface area (Å²) in [6.45, 7) is 13.6. The van der Waals surface area contributed by atoms with Crippen molar-refractivity contribution in [2.24, 2.45) is 11.3 Å². The van der Waals surface area contributed by atoms with E-state index in [1.165, 1.54) is 167 Å². The lowest BCUT2D eigenvalue weighted by Gasteiger charge is -2.28. The molecule has 4 heteroatoms. The summed E-state index contributed by atoms with van der Waals surface area (Å²) in [7, 11) is 0. The van der Waals surface area contributed by atoms with E-state index in [1.54, 1.807) is 0 Å². The maximum Gasteiger partial charge on any atom is 0.309 e. The third-order valence-electron chi connectivity index (χ3n) is 11.6. The predicted molar refractivity (Wildman–Crippen MR) is 229 cm³/mol. The molecule has 0 aliphatic heterocycles. The van der Waals surface area contributed by atoms with Gasteiger partial charge in [0.05, 0.1) is 17.9 Å². The quantitative estimate of drug-likeness (QED) is 0.0502. The van der Waals surface area contributed by atoms with Gasteiger partial charge >= 0.3 is 11.9 Å². The Balaban J connectivity index is 0. The van der Waals surface area contributed by atoms with Crippen LogP contribution < -0.4 is 0 Å². The molecule has 0 aromatic carbocycles. The number of esters is 1. The van der Waals surface area contributed by atoms with Gasteiger partial charge in [-0.3, -0.25) is 9.59 Å². The van der Waals surface area contributed by atoms with E-state index >= 15 is 0 Å². The van der Waals surface area contributed by atoms with Gasteiger partial charge in [0.1, 0.15) is 0 Å². The molecule has 0 rings (SSSR count). The molecule has 2 atom stereocenters. The number of rotatable bonds is 40. The average molecular weight is 737 g/mol. The fourth-order valence-electron chi connectivity index (χ4n) is 7.54. The second-order valence-corrected chi connectivity index (χ2v) is 16.4. The van der Waals surface area contributed by atoms with Crippen LogP contribution in [0.15, 0.2) is 0 Å². The number of hydrogen-bond acceptors (Lipinski definition) is 3. The summed E-state index contributed by atoms with van der Waals surface area (Å²) in [6.07, 6.45) is 46.8. The van der Waals surface area contributed by atoms with E-state index in [-0.39, 0.29) is 11.9 Å². The Morgan fingerprint density at radius 2 is 0.769 bits per heavy atom. The van der Waals surface area contributed by atoms with Crippen molar-refractivity contribution in [3.63, 3.8) is 0 Å². The van der Waals surface area contributed by atoms with E-state index in [0.717, 1.165) is 70.6 Å². The summed E-state index contributed by atoms with van der Waals surface area (Å²) < 4.78 is 5.46. The van der Waals surface area contributed by atoms with Crippen molar-refractivity contribution in [3.05, 3.63) is 0 Å². The molecule has 0 aromatic rings. The number of carboxylic acids is 1. The number of carbonyl (C=O) groups is 2. The molecule has 0 saturated carbocycles. The minimum Gasteiger partial charge on any atom is -0.481 e. The molecule has 1 N–H and O–H groups in total. The highest BCUT2D eigenvalue weighted by molar-refractivity contribution is 5.74. The molecule has 0 amide bonds. The molecule has 52 heavy (non-hydrogen) atoms. The van der Waals surface area contributed by atoms with Crippen LogP contribution in [0.25, 0.3) is 0 Å². The zero-order chi connectivity index (χ0) is 38.8. The van der Waals surface area contributed by atoms with E-state index in [2.05, 4.69) is 34.6 Å². The van der Waals surface area contributed by atoms with Gasteiger partial charge in [-0.05, 0) is 38.5 Å². The smallest absolute Gasteiger partial charge is 0.309 e. The van der Waals surface area contributed by atoms with Gasteiger partial charge < -0.3 is 9.84 Å². The molecule has 0 aromatic heterocycles. The van der Waals surface area contributed by atoms with Gasteiger partial charge in [-0.2, -0.15) is 0 Å². The van der Waals surface area contributed by atoms with E-state index in [4.69, 9.17) is 4.74 Å². The minimum atomic E-state index is -0.567. The first-order chi connectivity index (χ1) is 25.4. The van der Waals surface area contributed by atoms with Crippen LogP contribution in [-0.2, 0) is 14.3 Å². The van der Waals surface area contributed by atoms with Gasteiger partial charge in [0.2, 0.25) is 0 Å². The minimum absolute atomic E-state index is 0.0376. The molecule has 0 bridgehead atoms. The molecule has 2 unspecified atom stereocenters. The molecule has 0 aliphatic carbocycles. The Hall–Kier alpha value is -1.06. The van der Waals surface area contributed by atoms with Gasteiger partial charge in [0, 0.05) is 0 Å². The van der Waals surface area contributed by atoms with Gasteiger partial charge in [0.15, 0.2) is 0 Å². The lowest BCUT2D eigenvalue weighted by molar-refractivity contribution is -0.150. The lowest BCUT2D eigenvalue weighted by Crippen LogP contribution is -2.30. The Labute approximate surface area is 327 Å².